The van der Waals surface area contributed by atoms with Crippen LogP contribution in [0.1, 0.15) is 26.5 Å². The van der Waals surface area contributed by atoms with Gasteiger partial charge in [0.05, 0.1) is 5.01 Å². The van der Waals surface area contributed by atoms with E-state index in [0.29, 0.717) is 17.0 Å². The molecule has 0 spiro atoms. The highest BCUT2D eigenvalue weighted by Crippen LogP contribution is 2.25. The van der Waals surface area contributed by atoms with E-state index < -0.39 is 5.76 Å². The van der Waals surface area contributed by atoms with Crippen LogP contribution in [0.25, 0.3) is 23.0 Å². The van der Waals surface area contributed by atoms with E-state index in [1.54, 1.807) is 12.1 Å². The summed E-state index contributed by atoms with van der Waals surface area (Å²) in [6.07, 6.45) is 0. The van der Waals surface area contributed by atoms with Gasteiger partial charge in [0.25, 0.3) is 5.89 Å². The Hall–Kier alpha value is -3.33. The van der Waals surface area contributed by atoms with E-state index >= 15 is 0 Å². The number of nitrogens with zero attached hydrogens (tertiary/aromatic N) is 4. The molecule has 0 aliphatic heterocycles. The quantitative estimate of drug-likeness (QED) is 0.476. The van der Waals surface area contributed by atoms with Crippen molar-refractivity contribution < 1.29 is 13.7 Å². The van der Waals surface area contributed by atoms with Crippen LogP contribution < -0.4 is 5.76 Å². The summed E-state index contributed by atoms with van der Waals surface area (Å²) in [6.45, 7) is 5.48. The third-order valence-corrected chi connectivity index (χ3v) is 4.96. The first-order valence-electron chi connectivity index (χ1n) is 8.48. The number of rotatable bonds is 5. The number of aryl methyl sites for hydroxylation is 3. The molecule has 0 amide bonds. The molecule has 0 unspecified atom stereocenters. The molecule has 4 aromatic rings. The van der Waals surface area contributed by atoms with Gasteiger partial charge in [0.15, 0.2) is 17.2 Å². The molecule has 28 heavy (non-hydrogen) atoms. The van der Waals surface area contributed by atoms with E-state index in [9.17, 15) is 9.59 Å². The maximum atomic E-state index is 12.6. The molecule has 3 aromatic heterocycles. The third-order valence-electron chi connectivity index (χ3n) is 4.18. The van der Waals surface area contributed by atoms with E-state index in [2.05, 4.69) is 15.2 Å². The lowest BCUT2D eigenvalue weighted by Crippen LogP contribution is -2.22. The molecule has 0 N–H and O–H groups in total. The molecule has 9 heteroatoms. The zero-order chi connectivity index (χ0) is 19.8. The number of hydrogen-bond acceptors (Lipinski definition) is 8. The average Bonchev–Trinajstić information content (AvgIpc) is 3.35. The lowest BCUT2D eigenvalue weighted by Gasteiger charge is -2.05. The molecule has 0 atom stereocenters. The van der Waals surface area contributed by atoms with E-state index in [-0.39, 0.29) is 23.9 Å². The summed E-state index contributed by atoms with van der Waals surface area (Å²) in [7, 11) is 0. The first-order chi connectivity index (χ1) is 13.4. The average molecular weight is 396 g/mol. The molecule has 0 fully saturated rings. The Morgan fingerprint density at radius 1 is 1.18 bits per heavy atom. The van der Waals surface area contributed by atoms with Crippen LogP contribution in [0, 0.1) is 20.8 Å². The van der Waals surface area contributed by atoms with Crippen LogP contribution in [0.15, 0.2) is 43.4 Å². The lowest BCUT2D eigenvalue weighted by molar-refractivity contribution is 0.0964. The molecule has 4 rings (SSSR count). The Balaban J connectivity index is 1.58. The molecule has 3 heterocycles. The molecule has 0 saturated heterocycles. The van der Waals surface area contributed by atoms with Gasteiger partial charge in [-0.3, -0.25) is 4.79 Å². The van der Waals surface area contributed by atoms with Gasteiger partial charge < -0.3 is 8.94 Å². The van der Waals surface area contributed by atoms with Crippen molar-refractivity contribution in [3.8, 4) is 23.0 Å². The molecule has 0 radical (unpaired) electrons. The van der Waals surface area contributed by atoms with Crippen LogP contribution in [0.4, 0.5) is 0 Å². The first-order valence-corrected chi connectivity index (χ1v) is 9.36. The van der Waals surface area contributed by atoms with Gasteiger partial charge in [0, 0.05) is 17.0 Å². The second-order valence-corrected chi connectivity index (χ2v) is 7.46. The van der Waals surface area contributed by atoms with Crippen LogP contribution in [-0.4, -0.2) is 25.7 Å². The van der Waals surface area contributed by atoms with Gasteiger partial charge in [-0.1, -0.05) is 28.9 Å². The number of carbonyl (C=O) groups excluding carboxylic acids is 1. The number of thiazole rings is 1. The van der Waals surface area contributed by atoms with E-state index in [0.717, 1.165) is 20.8 Å². The largest absolute Gasteiger partial charge is 0.437 e. The molecule has 0 aliphatic carbocycles. The van der Waals surface area contributed by atoms with Gasteiger partial charge in [-0.2, -0.15) is 4.68 Å². The minimum absolute atomic E-state index is 0.0135. The minimum Gasteiger partial charge on any atom is -0.386 e. The second-order valence-electron chi connectivity index (χ2n) is 6.40. The Kier molecular flexibility index (Phi) is 4.52. The van der Waals surface area contributed by atoms with Crippen molar-refractivity contribution in [2.45, 2.75) is 27.3 Å². The molecule has 142 valence electrons. The van der Waals surface area contributed by atoms with Crippen molar-refractivity contribution in [2.24, 2.45) is 0 Å². The number of carbonyl (C=O) groups is 1. The summed E-state index contributed by atoms with van der Waals surface area (Å²) in [5.41, 5.74) is 3.36. The van der Waals surface area contributed by atoms with Crippen LogP contribution in [0.3, 0.4) is 0 Å². The molecular weight excluding hydrogens is 380 g/mol. The van der Waals surface area contributed by atoms with Crippen molar-refractivity contribution >= 4 is 17.1 Å². The van der Waals surface area contributed by atoms with Crippen LogP contribution >= 0.6 is 11.3 Å². The van der Waals surface area contributed by atoms with Crippen molar-refractivity contribution in [1.82, 2.24) is 19.9 Å². The molecule has 0 saturated carbocycles. The highest BCUT2D eigenvalue weighted by molar-refractivity contribution is 7.09. The normalized spacial score (nSPS) is 11.1. The summed E-state index contributed by atoms with van der Waals surface area (Å²) in [5, 5.41) is 10.7. The second kappa shape index (κ2) is 7.01. The summed E-state index contributed by atoms with van der Waals surface area (Å²) in [5.74, 6) is -0.524. The molecular formula is C19H16N4O4S. The Labute approximate surface area is 163 Å². The topological polar surface area (TPSA) is 104 Å². The van der Waals surface area contributed by atoms with Gasteiger partial charge in [-0.15, -0.1) is 16.4 Å². The summed E-state index contributed by atoms with van der Waals surface area (Å²) in [6, 6.07) is 7.12. The zero-order valence-corrected chi connectivity index (χ0v) is 16.2. The van der Waals surface area contributed by atoms with Crippen LogP contribution in [0.2, 0.25) is 0 Å². The van der Waals surface area contributed by atoms with Gasteiger partial charge in [0.2, 0.25) is 0 Å². The lowest BCUT2D eigenvalue weighted by atomic mass is 10.0. The molecule has 8 nitrogen and oxygen atoms in total. The third kappa shape index (κ3) is 3.44. The van der Waals surface area contributed by atoms with Crippen molar-refractivity contribution in [3.05, 3.63) is 61.9 Å². The van der Waals surface area contributed by atoms with Crippen molar-refractivity contribution in [2.75, 3.05) is 0 Å². The predicted molar refractivity (Wildman–Crippen MR) is 102 cm³/mol. The molecule has 1 aromatic carbocycles. The standard InChI is InChI=1S/C19H16N4O4S/c1-10-4-5-13(11(2)6-10)16(24)8-23-19(25)26-18(21-23)14-7-17(27-22-14)15-9-28-12(3)20-15/h4-7,9H,8H2,1-3H3. The number of hydrogen-bond donors (Lipinski definition) is 0. The predicted octanol–water partition coefficient (Wildman–Crippen LogP) is 3.42. The smallest absolute Gasteiger partial charge is 0.386 e. The SMILES string of the molecule is Cc1ccc(C(=O)Cn2nc(-c3cc(-c4csc(C)n4)on3)oc2=O)c(C)c1. The highest BCUT2D eigenvalue weighted by Gasteiger charge is 2.19. The highest BCUT2D eigenvalue weighted by atomic mass is 32.1. The summed E-state index contributed by atoms with van der Waals surface area (Å²) >= 11 is 1.49. The fraction of sp³-hybridized carbons (Fsp3) is 0.211. The van der Waals surface area contributed by atoms with Gasteiger partial charge in [0.1, 0.15) is 12.2 Å². The number of benzene rings is 1. The van der Waals surface area contributed by atoms with Gasteiger partial charge in [-0.05, 0) is 26.3 Å². The summed E-state index contributed by atoms with van der Waals surface area (Å²) in [4.78, 5) is 29.0. The molecule has 0 aliphatic rings. The fourth-order valence-electron chi connectivity index (χ4n) is 2.83. The minimum atomic E-state index is -0.734. The Bertz CT molecular complexity index is 1230. The zero-order valence-electron chi connectivity index (χ0n) is 15.4. The Morgan fingerprint density at radius 3 is 2.71 bits per heavy atom. The number of aromatic nitrogens is 4. The van der Waals surface area contributed by atoms with Gasteiger partial charge >= 0.3 is 5.76 Å². The maximum absolute atomic E-state index is 12.6. The first kappa shape index (κ1) is 18.1. The van der Waals surface area contributed by atoms with Crippen LogP contribution in [-0.2, 0) is 6.54 Å². The van der Waals surface area contributed by atoms with Crippen LogP contribution in [0.5, 0.6) is 0 Å². The number of ketones is 1. The van der Waals surface area contributed by atoms with Crippen molar-refractivity contribution in [3.63, 3.8) is 0 Å². The van der Waals surface area contributed by atoms with Crippen molar-refractivity contribution in [1.29, 1.82) is 0 Å². The van der Waals surface area contributed by atoms with E-state index in [4.69, 9.17) is 8.94 Å². The summed E-state index contributed by atoms with van der Waals surface area (Å²) < 4.78 is 11.4. The maximum Gasteiger partial charge on any atom is 0.437 e. The van der Waals surface area contributed by atoms with E-state index in [1.165, 1.54) is 11.3 Å². The monoisotopic (exact) mass is 396 g/mol. The van der Waals surface area contributed by atoms with Gasteiger partial charge in [-0.25, -0.2) is 9.78 Å². The molecule has 0 bridgehead atoms. The van der Waals surface area contributed by atoms with E-state index in [1.807, 2.05) is 38.3 Å². The fourth-order valence-corrected chi connectivity index (χ4v) is 3.43. The Morgan fingerprint density at radius 2 is 2.00 bits per heavy atom. The number of Topliss-reactive ketones (excluding diaryl/α,β-unsaturated/α-hetero) is 1.